The number of nitrogens with one attached hydrogen (secondary N) is 1. The molecule has 1 aromatic heterocycles. The van der Waals surface area contributed by atoms with Gasteiger partial charge in [0.25, 0.3) is 0 Å². The van der Waals surface area contributed by atoms with E-state index in [1.165, 1.54) is 17.7 Å². The van der Waals surface area contributed by atoms with Gasteiger partial charge in [0.15, 0.2) is 0 Å². The first-order valence-electron chi connectivity index (χ1n) is 8.24. The molecule has 4 nitrogen and oxygen atoms in total. The fourth-order valence-corrected chi connectivity index (χ4v) is 3.41. The monoisotopic (exact) mass is 335 g/mol. The van der Waals surface area contributed by atoms with Crippen molar-refractivity contribution in [2.24, 2.45) is 0 Å². The van der Waals surface area contributed by atoms with Crippen LogP contribution in [0.1, 0.15) is 34.6 Å². The highest BCUT2D eigenvalue weighted by atomic mass is 19.1. The van der Waals surface area contributed by atoms with Crippen LogP contribution in [-0.4, -0.2) is 15.7 Å². The van der Waals surface area contributed by atoms with E-state index >= 15 is 0 Å². The van der Waals surface area contributed by atoms with Crippen LogP contribution in [0.15, 0.2) is 48.7 Å². The number of anilines is 1. The molecule has 0 saturated carbocycles. The molecule has 0 fully saturated rings. The smallest absolute Gasteiger partial charge is 0.226 e. The molecule has 0 bridgehead atoms. The summed E-state index contributed by atoms with van der Waals surface area (Å²) in [7, 11) is 0. The Labute approximate surface area is 145 Å². The van der Waals surface area contributed by atoms with Crippen molar-refractivity contribution < 1.29 is 9.18 Å². The highest BCUT2D eigenvalue weighted by Gasteiger charge is 2.31. The van der Waals surface area contributed by atoms with E-state index in [1.807, 2.05) is 0 Å². The molecule has 2 heterocycles. The van der Waals surface area contributed by atoms with E-state index in [4.69, 9.17) is 0 Å². The summed E-state index contributed by atoms with van der Waals surface area (Å²) in [5.74, 6) is 0.288. The fourth-order valence-electron chi connectivity index (χ4n) is 3.41. The van der Waals surface area contributed by atoms with Gasteiger partial charge < -0.3 is 5.32 Å². The van der Waals surface area contributed by atoms with Gasteiger partial charge in [-0.1, -0.05) is 23.8 Å². The van der Waals surface area contributed by atoms with Crippen molar-refractivity contribution in [1.29, 1.82) is 0 Å². The number of benzene rings is 2. The van der Waals surface area contributed by atoms with E-state index in [0.717, 1.165) is 16.7 Å². The van der Waals surface area contributed by atoms with Gasteiger partial charge in [-0.05, 0) is 49.2 Å². The number of hydrogen-bond acceptors (Lipinski definition) is 2. The van der Waals surface area contributed by atoms with Crippen molar-refractivity contribution >= 4 is 11.7 Å². The third-order valence-electron chi connectivity index (χ3n) is 4.70. The molecule has 4 rings (SSSR count). The van der Waals surface area contributed by atoms with E-state index < -0.39 is 0 Å². The molecule has 0 radical (unpaired) electrons. The van der Waals surface area contributed by atoms with Crippen LogP contribution in [0.4, 0.5) is 10.2 Å². The average molecular weight is 335 g/mol. The molecule has 3 aromatic rings. The van der Waals surface area contributed by atoms with Gasteiger partial charge in [-0.15, -0.1) is 0 Å². The van der Waals surface area contributed by atoms with Crippen molar-refractivity contribution in [3.63, 3.8) is 0 Å². The molecule has 1 N–H and O–H groups in total. The second kappa shape index (κ2) is 5.84. The minimum atomic E-state index is -0.304. The van der Waals surface area contributed by atoms with Crippen LogP contribution in [0.2, 0.25) is 0 Å². The third kappa shape index (κ3) is 2.71. The Morgan fingerprint density at radius 2 is 1.88 bits per heavy atom. The normalized spacial score (nSPS) is 16.4. The summed E-state index contributed by atoms with van der Waals surface area (Å²) in [5.41, 5.74) is 5.17. The number of carbonyl (C=O) groups is 1. The van der Waals surface area contributed by atoms with Gasteiger partial charge >= 0.3 is 0 Å². The summed E-state index contributed by atoms with van der Waals surface area (Å²) in [4.78, 5) is 12.3. The molecule has 0 saturated heterocycles. The number of hydrogen-bond donors (Lipinski definition) is 1. The molecule has 0 unspecified atom stereocenters. The lowest BCUT2D eigenvalue weighted by molar-refractivity contribution is -0.116. The molecule has 1 aliphatic rings. The van der Waals surface area contributed by atoms with Crippen LogP contribution < -0.4 is 5.32 Å². The maximum Gasteiger partial charge on any atom is 0.226 e. The molecular formula is C20H18FN3O. The van der Waals surface area contributed by atoms with Gasteiger partial charge in [0.1, 0.15) is 11.6 Å². The Morgan fingerprint density at radius 1 is 1.12 bits per heavy atom. The summed E-state index contributed by atoms with van der Waals surface area (Å²) in [6.45, 7) is 4.11. The predicted octanol–water partition coefficient (Wildman–Crippen LogP) is 4.10. The van der Waals surface area contributed by atoms with Gasteiger partial charge in [0.05, 0.1) is 11.9 Å². The number of amides is 1. The molecular weight excluding hydrogens is 317 g/mol. The Hall–Kier alpha value is -2.95. The van der Waals surface area contributed by atoms with Crippen LogP contribution in [-0.2, 0) is 4.79 Å². The van der Waals surface area contributed by atoms with Crippen molar-refractivity contribution in [3.8, 4) is 5.69 Å². The summed E-state index contributed by atoms with van der Waals surface area (Å²) in [5, 5.41) is 7.36. The third-order valence-corrected chi connectivity index (χ3v) is 4.70. The van der Waals surface area contributed by atoms with Crippen molar-refractivity contribution in [2.75, 3.05) is 5.32 Å². The highest BCUT2D eigenvalue weighted by molar-refractivity contribution is 5.94. The van der Waals surface area contributed by atoms with E-state index in [1.54, 1.807) is 23.0 Å². The Balaban J connectivity index is 1.84. The first kappa shape index (κ1) is 15.6. The summed E-state index contributed by atoms with van der Waals surface area (Å²) >= 11 is 0. The summed E-state index contributed by atoms with van der Waals surface area (Å²) < 4.78 is 14.9. The zero-order chi connectivity index (χ0) is 17.6. The van der Waals surface area contributed by atoms with E-state index in [0.29, 0.717) is 17.9 Å². The SMILES string of the molecule is Cc1ccc(C)c([C@@H]2CC(=O)Nc3c2cnn3-c2ccc(F)cc2)c1. The minimum absolute atomic E-state index is 0.0298. The zero-order valence-electron chi connectivity index (χ0n) is 14.1. The largest absolute Gasteiger partial charge is 0.310 e. The lowest BCUT2D eigenvalue weighted by Crippen LogP contribution is -2.25. The maximum absolute atomic E-state index is 13.2. The number of nitrogens with zero attached hydrogens (tertiary/aromatic N) is 2. The Bertz CT molecular complexity index is 960. The van der Waals surface area contributed by atoms with Gasteiger partial charge in [0, 0.05) is 17.9 Å². The van der Waals surface area contributed by atoms with Gasteiger partial charge in [-0.2, -0.15) is 5.10 Å². The number of carbonyl (C=O) groups excluding carboxylic acids is 1. The van der Waals surface area contributed by atoms with Gasteiger partial charge in [-0.3, -0.25) is 4.79 Å². The molecule has 0 aliphatic carbocycles. The molecule has 2 aromatic carbocycles. The van der Waals surface area contributed by atoms with Gasteiger partial charge in [0.2, 0.25) is 5.91 Å². The van der Waals surface area contributed by atoms with Crippen molar-refractivity contribution in [3.05, 3.63) is 76.7 Å². The number of fused-ring (bicyclic) bond motifs is 1. The average Bonchev–Trinajstić information content (AvgIpc) is 3.01. The first-order valence-corrected chi connectivity index (χ1v) is 8.24. The first-order chi connectivity index (χ1) is 12.0. The predicted molar refractivity (Wildman–Crippen MR) is 94.5 cm³/mol. The molecule has 126 valence electrons. The lowest BCUT2D eigenvalue weighted by Gasteiger charge is -2.25. The molecule has 25 heavy (non-hydrogen) atoms. The van der Waals surface area contributed by atoms with Crippen LogP contribution in [0.5, 0.6) is 0 Å². The summed E-state index contributed by atoms with van der Waals surface area (Å²) in [6, 6.07) is 12.4. The van der Waals surface area contributed by atoms with Crippen LogP contribution in [0.25, 0.3) is 5.69 Å². The zero-order valence-corrected chi connectivity index (χ0v) is 14.1. The summed E-state index contributed by atoms with van der Waals surface area (Å²) in [6.07, 6.45) is 2.19. The minimum Gasteiger partial charge on any atom is -0.310 e. The number of halogens is 1. The lowest BCUT2D eigenvalue weighted by atomic mass is 9.84. The molecule has 1 aliphatic heterocycles. The van der Waals surface area contributed by atoms with E-state index in [-0.39, 0.29) is 17.6 Å². The second-order valence-electron chi connectivity index (χ2n) is 6.50. The van der Waals surface area contributed by atoms with Crippen LogP contribution in [0, 0.1) is 19.7 Å². The number of aromatic nitrogens is 2. The van der Waals surface area contributed by atoms with E-state index in [9.17, 15) is 9.18 Å². The molecule has 0 spiro atoms. The van der Waals surface area contributed by atoms with Crippen molar-refractivity contribution in [2.45, 2.75) is 26.2 Å². The number of aryl methyl sites for hydroxylation is 2. The maximum atomic E-state index is 13.2. The van der Waals surface area contributed by atoms with Crippen molar-refractivity contribution in [1.82, 2.24) is 9.78 Å². The topological polar surface area (TPSA) is 46.9 Å². The Morgan fingerprint density at radius 3 is 2.64 bits per heavy atom. The second-order valence-corrected chi connectivity index (χ2v) is 6.50. The standard InChI is InChI=1S/C20H18FN3O/c1-12-3-4-13(2)16(9-12)17-10-19(25)23-20-18(17)11-22-24(20)15-7-5-14(21)6-8-15/h3-9,11,17H,10H2,1-2H3,(H,23,25)/t17-/m0/s1. The number of rotatable bonds is 2. The van der Waals surface area contributed by atoms with Gasteiger partial charge in [-0.25, -0.2) is 9.07 Å². The van der Waals surface area contributed by atoms with Crippen LogP contribution in [0.3, 0.4) is 0 Å². The fraction of sp³-hybridized carbons (Fsp3) is 0.200. The quantitative estimate of drug-likeness (QED) is 0.766. The molecule has 1 atom stereocenters. The molecule has 1 amide bonds. The van der Waals surface area contributed by atoms with E-state index in [2.05, 4.69) is 42.5 Å². The highest BCUT2D eigenvalue weighted by Crippen LogP contribution is 2.39. The Kier molecular flexibility index (Phi) is 3.64. The van der Waals surface area contributed by atoms with Crippen LogP contribution >= 0.6 is 0 Å². The molecule has 5 heteroatoms.